The van der Waals surface area contributed by atoms with E-state index in [2.05, 4.69) is 25.9 Å². The summed E-state index contributed by atoms with van der Waals surface area (Å²) in [5.74, 6) is -4.89. The molecule has 0 aliphatic heterocycles. The summed E-state index contributed by atoms with van der Waals surface area (Å²) in [6, 6.07) is 6.10. The number of hydrogen-bond acceptors (Lipinski definition) is 9. The minimum absolute atomic E-state index is 0.0174. The van der Waals surface area contributed by atoms with Crippen LogP contribution in [0.15, 0.2) is 61.1 Å². The Balaban J connectivity index is 1.79. The summed E-state index contributed by atoms with van der Waals surface area (Å²) in [6.07, 6.45) is 2.05. The first-order valence-corrected chi connectivity index (χ1v) is 13.1. The number of amides is 4. The zero-order valence-electron chi connectivity index (χ0n) is 22.9. The monoisotopic (exact) mass is 595 g/mol. The lowest BCUT2D eigenvalue weighted by molar-refractivity contribution is -0.142. The Kier molecular flexibility index (Phi) is 11.2. The molecule has 11 N–H and O–H groups in total. The molecule has 0 aliphatic carbocycles. The molecule has 15 heteroatoms. The maximum atomic E-state index is 13.4. The van der Waals surface area contributed by atoms with Gasteiger partial charge in [-0.25, -0.2) is 9.78 Å². The molecule has 3 rings (SSSR count). The molecule has 0 saturated carbocycles. The van der Waals surface area contributed by atoms with Crippen LogP contribution in [0.1, 0.15) is 23.2 Å². The van der Waals surface area contributed by atoms with Crippen molar-refractivity contribution in [3.8, 4) is 11.5 Å². The molecule has 43 heavy (non-hydrogen) atoms. The Morgan fingerprint density at radius 2 is 1.23 bits per heavy atom. The maximum absolute atomic E-state index is 13.4. The lowest BCUT2D eigenvalue weighted by Gasteiger charge is -2.25. The van der Waals surface area contributed by atoms with Crippen LogP contribution in [0.2, 0.25) is 0 Å². The van der Waals surface area contributed by atoms with Gasteiger partial charge in [0, 0.05) is 31.2 Å². The molecule has 228 valence electrons. The predicted molar refractivity (Wildman–Crippen MR) is 151 cm³/mol. The largest absolute Gasteiger partial charge is 0.508 e. The van der Waals surface area contributed by atoms with Gasteiger partial charge in [-0.1, -0.05) is 24.3 Å². The van der Waals surface area contributed by atoms with E-state index in [1.165, 1.54) is 61.1 Å². The number of phenols is 2. The molecule has 1 heterocycles. The van der Waals surface area contributed by atoms with Crippen LogP contribution in [0.5, 0.6) is 11.5 Å². The molecular formula is C28H33N7O8. The molecule has 4 amide bonds. The van der Waals surface area contributed by atoms with Crippen LogP contribution in [0.4, 0.5) is 0 Å². The van der Waals surface area contributed by atoms with Crippen molar-refractivity contribution in [2.75, 3.05) is 0 Å². The van der Waals surface area contributed by atoms with Gasteiger partial charge in [-0.15, -0.1) is 0 Å². The lowest BCUT2D eigenvalue weighted by Crippen LogP contribution is -2.58. The number of carbonyl (C=O) groups is 5. The van der Waals surface area contributed by atoms with Crippen molar-refractivity contribution >= 4 is 29.6 Å². The van der Waals surface area contributed by atoms with Crippen molar-refractivity contribution < 1.29 is 39.3 Å². The number of aliphatic carboxylic acids is 1. The average molecular weight is 596 g/mol. The third-order valence-electron chi connectivity index (χ3n) is 6.37. The first-order chi connectivity index (χ1) is 20.4. The number of H-pyrrole nitrogens is 1. The zero-order valence-corrected chi connectivity index (χ0v) is 22.9. The number of nitrogens with zero attached hydrogens (tertiary/aromatic N) is 1. The summed E-state index contributed by atoms with van der Waals surface area (Å²) in [5.41, 5.74) is 12.8. The number of aromatic amines is 1. The fourth-order valence-electron chi connectivity index (χ4n) is 4.10. The van der Waals surface area contributed by atoms with Gasteiger partial charge in [0.05, 0.1) is 18.8 Å². The number of aromatic nitrogens is 2. The molecule has 4 unspecified atom stereocenters. The summed E-state index contributed by atoms with van der Waals surface area (Å²) in [6.45, 7) is 0. The van der Waals surface area contributed by atoms with Gasteiger partial charge >= 0.3 is 5.97 Å². The van der Waals surface area contributed by atoms with E-state index in [1.54, 1.807) is 0 Å². The molecule has 2 aromatic carbocycles. The van der Waals surface area contributed by atoms with E-state index in [-0.39, 0.29) is 30.8 Å². The van der Waals surface area contributed by atoms with E-state index in [9.17, 15) is 39.3 Å². The van der Waals surface area contributed by atoms with E-state index in [0.29, 0.717) is 16.8 Å². The fourth-order valence-corrected chi connectivity index (χ4v) is 4.10. The number of nitrogens with one attached hydrogen (secondary N) is 4. The van der Waals surface area contributed by atoms with Gasteiger partial charge < -0.3 is 47.7 Å². The van der Waals surface area contributed by atoms with E-state index < -0.39 is 60.2 Å². The molecule has 0 aliphatic rings. The number of aromatic hydroxyl groups is 2. The van der Waals surface area contributed by atoms with Crippen molar-refractivity contribution in [3.63, 3.8) is 0 Å². The average Bonchev–Trinajstić information content (AvgIpc) is 3.46. The van der Waals surface area contributed by atoms with Crippen LogP contribution in [-0.4, -0.2) is 79.1 Å². The minimum Gasteiger partial charge on any atom is -0.508 e. The summed E-state index contributed by atoms with van der Waals surface area (Å²) in [5, 5.41) is 36.1. The van der Waals surface area contributed by atoms with Crippen LogP contribution >= 0.6 is 0 Å². The highest BCUT2D eigenvalue weighted by Gasteiger charge is 2.31. The standard InChI is InChI=1S/C28H33N7O8/c29-20(11-17-13-31-14-32-17)25(39)33-22(12-24(30)38)27(41)34-21(9-15-1-5-18(36)6-2-15)26(40)35-23(28(42)43)10-16-3-7-19(37)8-4-16/h1-8,13-14,20-23,36-37H,9-12,29H2,(H2,30,38)(H,31,32)(H,33,39)(H,34,41)(H,35,40)(H,42,43). The van der Waals surface area contributed by atoms with Crippen LogP contribution in [-0.2, 0) is 43.2 Å². The Labute approximate surface area is 245 Å². The number of carboxylic acid groups (broad SMARTS) is 1. The highest BCUT2D eigenvalue weighted by Crippen LogP contribution is 2.14. The second-order valence-corrected chi connectivity index (χ2v) is 9.82. The van der Waals surface area contributed by atoms with Crippen molar-refractivity contribution in [2.24, 2.45) is 11.5 Å². The van der Waals surface area contributed by atoms with Gasteiger partial charge in [0.2, 0.25) is 23.6 Å². The van der Waals surface area contributed by atoms with Gasteiger partial charge in [-0.2, -0.15) is 0 Å². The number of imidazole rings is 1. The topological polar surface area (TPSA) is 263 Å². The minimum atomic E-state index is -1.50. The molecule has 0 spiro atoms. The number of carboxylic acids is 1. The summed E-state index contributed by atoms with van der Waals surface area (Å²) < 4.78 is 0. The Morgan fingerprint density at radius 3 is 1.72 bits per heavy atom. The van der Waals surface area contributed by atoms with E-state index in [4.69, 9.17) is 11.5 Å². The Bertz CT molecular complexity index is 1410. The molecule has 0 saturated heterocycles. The van der Waals surface area contributed by atoms with Crippen molar-refractivity contribution in [1.82, 2.24) is 25.9 Å². The van der Waals surface area contributed by atoms with Gasteiger partial charge in [-0.05, 0) is 35.4 Å². The molecule has 4 atom stereocenters. The van der Waals surface area contributed by atoms with E-state index in [1.807, 2.05) is 0 Å². The molecular weight excluding hydrogens is 562 g/mol. The normalized spacial score (nSPS) is 13.6. The third-order valence-corrected chi connectivity index (χ3v) is 6.37. The summed E-state index contributed by atoms with van der Waals surface area (Å²) >= 11 is 0. The zero-order chi connectivity index (χ0) is 31.5. The highest BCUT2D eigenvalue weighted by atomic mass is 16.4. The number of hydrogen-bond donors (Lipinski definition) is 9. The number of carbonyl (C=O) groups excluding carboxylic acids is 4. The Morgan fingerprint density at radius 1 is 0.744 bits per heavy atom. The lowest BCUT2D eigenvalue weighted by atomic mass is 10.0. The predicted octanol–water partition coefficient (Wildman–Crippen LogP) is -1.41. The Hall–Kier alpha value is -5.44. The molecule has 3 aromatic rings. The van der Waals surface area contributed by atoms with Crippen molar-refractivity contribution in [1.29, 1.82) is 0 Å². The van der Waals surface area contributed by atoms with Crippen LogP contribution in [0.3, 0.4) is 0 Å². The van der Waals surface area contributed by atoms with Crippen LogP contribution in [0.25, 0.3) is 0 Å². The smallest absolute Gasteiger partial charge is 0.326 e. The quantitative estimate of drug-likeness (QED) is 0.0991. The number of nitrogens with two attached hydrogens (primary N) is 2. The second-order valence-electron chi connectivity index (χ2n) is 9.82. The molecule has 0 bridgehead atoms. The molecule has 0 radical (unpaired) electrons. The third kappa shape index (κ3) is 10.2. The number of rotatable bonds is 15. The van der Waals surface area contributed by atoms with E-state index >= 15 is 0 Å². The van der Waals surface area contributed by atoms with Gasteiger partial charge in [-0.3, -0.25) is 19.2 Å². The molecule has 1 aromatic heterocycles. The van der Waals surface area contributed by atoms with Gasteiger partial charge in [0.15, 0.2) is 0 Å². The SMILES string of the molecule is NC(=O)CC(NC(=O)C(N)Cc1cnc[nH]1)C(=O)NC(Cc1ccc(O)cc1)C(=O)NC(Cc1ccc(O)cc1)C(=O)O. The second kappa shape index (κ2) is 15.0. The van der Waals surface area contributed by atoms with Crippen LogP contribution < -0.4 is 27.4 Å². The van der Waals surface area contributed by atoms with Crippen molar-refractivity contribution in [2.45, 2.75) is 49.9 Å². The number of primary amides is 1. The number of benzene rings is 2. The highest BCUT2D eigenvalue weighted by molar-refractivity contribution is 5.96. The van der Waals surface area contributed by atoms with Gasteiger partial charge in [0.1, 0.15) is 29.6 Å². The fraction of sp³-hybridized carbons (Fsp3) is 0.286. The number of phenolic OH excluding ortho intramolecular Hbond substituents is 2. The van der Waals surface area contributed by atoms with Crippen LogP contribution in [0, 0.1) is 0 Å². The summed E-state index contributed by atoms with van der Waals surface area (Å²) in [4.78, 5) is 69.8. The first kappa shape index (κ1) is 32.1. The van der Waals surface area contributed by atoms with E-state index in [0.717, 1.165) is 0 Å². The van der Waals surface area contributed by atoms with Crippen molar-refractivity contribution in [3.05, 3.63) is 77.9 Å². The van der Waals surface area contributed by atoms with Gasteiger partial charge in [0.25, 0.3) is 0 Å². The summed E-state index contributed by atoms with van der Waals surface area (Å²) in [7, 11) is 0. The first-order valence-electron chi connectivity index (χ1n) is 13.1. The molecule has 15 nitrogen and oxygen atoms in total. The maximum Gasteiger partial charge on any atom is 0.326 e. The molecule has 0 fully saturated rings.